The molecule has 2 atom stereocenters. The minimum Gasteiger partial charge on any atom is -0.377 e. The lowest BCUT2D eigenvalue weighted by Crippen LogP contribution is -2.73. The largest absolute Gasteiger partial charge is 0.377 e. The number of nitrogens with one attached hydrogen (secondary N) is 1. The second-order valence-electron chi connectivity index (χ2n) is 7.13. The van der Waals surface area contributed by atoms with Crippen LogP contribution in [-0.2, 0) is 20.7 Å². The summed E-state index contributed by atoms with van der Waals surface area (Å²) in [5, 5.41) is 2.44. The van der Waals surface area contributed by atoms with E-state index in [0.29, 0.717) is 32.7 Å². The fourth-order valence-electron chi connectivity index (χ4n) is 4.33. The zero-order valence-electron chi connectivity index (χ0n) is 14.9. The quantitative estimate of drug-likeness (QED) is 0.826. The monoisotopic (exact) mass is 357 g/mol. The lowest BCUT2D eigenvalue weighted by molar-refractivity contribution is -0.156. The van der Waals surface area contributed by atoms with Gasteiger partial charge in [0.1, 0.15) is 0 Å². The first-order chi connectivity index (χ1) is 12.6. The third-order valence-electron chi connectivity index (χ3n) is 5.70. The third kappa shape index (κ3) is 2.34. The molecule has 0 unspecified atom stereocenters. The van der Waals surface area contributed by atoms with Crippen molar-refractivity contribution < 1.29 is 19.1 Å². The average Bonchev–Trinajstić information content (AvgIpc) is 2.66. The predicted molar refractivity (Wildman–Crippen MR) is 94.7 cm³/mol. The molecular weight excluding hydrogens is 334 g/mol. The number of carbonyl (C=O) groups excluding carboxylic acids is 3. The molecule has 1 N–H and O–H groups in total. The number of hydrogen-bond donors (Lipinski definition) is 1. The number of fused-ring (bicyclic) bond motifs is 4. The molecule has 4 rings (SSSR count). The maximum absolute atomic E-state index is 13.5. The Morgan fingerprint density at radius 3 is 2.88 bits per heavy atom. The smallest absolute Gasteiger partial charge is 0.330 e. The van der Waals surface area contributed by atoms with Crippen molar-refractivity contribution in [3.63, 3.8) is 0 Å². The van der Waals surface area contributed by atoms with E-state index >= 15 is 0 Å². The van der Waals surface area contributed by atoms with E-state index in [4.69, 9.17) is 4.74 Å². The van der Waals surface area contributed by atoms with Gasteiger partial charge in [0, 0.05) is 18.8 Å². The molecule has 1 spiro atoms. The number of rotatable bonds is 3. The molecule has 1 aromatic rings. The van der Waals surface area contributed by atoms with Crippen LogP contribution in [0.3, 0.4) is 0 Å². The minimum atomic E-state index is -1.32. The fourth-order valence-corrected chi connectivity index (χ4v) is 4.33. The van der Waals surface area contributed by atoms with Gasteiger partial charge >= 0.3 is 6.03 Å². The summed E-state index contributed by atoms with van der Waals surface area (Å²) in [6, 6.07) is 6.83. The highest BCUT2D eigenvalue weighted by Crippen LogP contribution is 2.45. The van der Waals surface area contributed by atoms with Gasteiger partial charge in [-0.15, -0.1) is 0 Å². The number of anilines is 1. The summed E-state index contributed by atoms with van der Waals surface area (Å²) in [5.74, 6) is -0.898. The highest BCUT2D eigenvalue weighted by molar-refractivity contribution is 6.20. The summed E-state index contributed by atoms with van der Waals surface area (Å²) in [6.45, 7) is 3.79. The van der Waals surface area contributed by atoms with Crippen molar-refractivity contribution in [1.29, 1.82) is 0 Å². The van der Waals surface area contributed by atoms with Crippen LogP contribution in [0.25, 0.3) is 0 Å². The van der Waals surface area contributed by atoms with Crippen molar-refractivity contribution in [2.45, 2.75) is 32.2 Å². The Morgan fingerprint density at radius 2 is 2.08 bits per heavy atom. The van der Waals surface area contributed by atoms with E-state index in [2.05, 4.69) is 10.2 Å². The van der Waals surface area contributed by atoms with Crippen LogP contribution < -0.4 is 10.2 Å². The Morgan fingerprint density at radius 1 is 1.27 bits per heavy atom. The molecule has 0 saturated carbocycles. The highest BCUT2D eigenvalue weighted by Gasteiger charge is 2.62. The van der Waals surface area contributed by atoms with Gasteiger partial charge in [0.05, 0.1) is 19.3 Å². The molecule has 7 heteroatoms. The highest BCUT2D eigenvalue weighted by atomic mass is 16.5. The number of barbiturate groups is 1. The van der Waals surface area contributed by atoms with Gasteiger partial charge in [-0.25, -0.2) is 4.79 Å². The number of imide groups is 2. The van der Waals surface area contributed by atoms with E-state index in [1.807, 2.05) is 31.2 Å². The van der Waals surface area contributed by atoms with Gasteiger partial charge in [0.25, 0.3) is 0 Å². The van der Waals surface area contributed by atoms with Gasteiger partial charge < -0.3 is 9.64 Å². The Hall–Kier alpha value is -2.41. The number of morpholine rings is 1. The molecule has 1 aromatic carbocycles. The first-order valence-electron chi connectivity index (χ1n) is 9.19. The molecular formula is C19H23N3O4. The maximum atomic E-state index is 13.5. The van der Waals surface area contributed by atoms with Crippen molar-refractivity contribution in [3.05, 3.63) is 29.8 Å². The maximum Gasteiger partial charge on any atom is 0.330 e. The van der Waals surface area contributed by atoms with Gasteiger partial charge in [-0.1, -0.05) is 31.5 Å². The lowest BCUT2D eigenvalue weighted by Gasteiger charge is -2.53. The summed E-state index contributed by atoms with van der Waals surface area (Å²) in [4.78, 5) is 42.1. The molecule has 3 aliphatic rings. The second kappa shape index (κ2) is 6.39. The van der Waals surface area contributed by atoms with Crippen LogP contribution in [0.4, 0.5) is 10.5 Å². The van der Waals surface area contributed by atoms with Gasteiger partial charge in [-0.2, -0.15) is 0 Å². The number of urea groups is 1. The molecule has 0 bridgehead atoms. The van der Waals surface area contributed by atoms with Gasteiger partial charge in [0.2, 0.25) is 11.8 Å². The Bertz CT molecular complexity index is 765. The number of nitrogens with zero attached hydrogens (tertiary/aromatic N) is 2. The predicted octanol–water partition coefficient (Wildman–Crippen LogP) is 1.31. The Labute approximate surface area is 152 Å². The van der Waals surface area contributed by atoms with Crippen molar-refractivity contribution in [3.8, 4) is 0 Å². The van der Waals surface area contributed by atoms with Gasteiger partial charge in [-0.3, -0.25) is 19.8 Å². The van der Waals surface area contributed by atoms with E-state index in [1.54, 1.807) is 0 Å². The molecule has 0 aromatic heterocycles. The first kappa shape index (κ1) is 17.0. The summed E-state index contributed by atoms with van der Waals surface area (Å²) in [7, 11) is 0. The normalized spacial score (nSPS) is 28.0. The standard InChI is InChI=1S/C19H23N3O4/c1-2-3-8-22-17(24)19(16(23)20-18(22)25)11-13-6-4-5-7-14(13)21-9-10-26-12-15(19)21/h4-7,15H,2-3,8-12H2,1H3,(H,20,23,25)/t15-,19+/m1/s1. The fraction of sp³-hybridized carbons (Fsp3) is 0.526. The van der Waals surface area contributed by atoms with Gasteiger partial charge in [-0.05, 0) is 24.5 Å². The number of benzene rings is 1. The van der Waals surface area contributed by atoms with Crippen molar-refractivity contribution in [2.75, 3.05) is 31.2 Å². The molecule has 3 heterocycles. The zero-order valence-corrected chi connectivity index (χ0v) is 14.9. The van der Waals surface area contributed by atoms with Crippen LogP contribution in [0.15, 0.2) is 24.3 Å². The second-order valence-corrected chi connectivity index (χ2v) is 7.13. The SMILES string of the molecule is CCCCN1C(=O)NC(=O)[C@@]2(Cc3ccccc3N3CCOC[C@@H]32)C1=O. The van der Waals surface area contributed by atoms with E-state index < -0.39 is 29.3 Å². The first-order valence-corrected chi connectivity index (χ1v) is 9.19. The third-order valence-corrected chi connectivity index (χ3v) is 5.70. The lowest BCUT2D eigenvalue weighted by atomic mass is 9.68. The number of unbranched alkanes of at least 4 members (excludes halogenated alkanes) is 1. The molecule has 3 aliphatic heterocycles. The van der Waals surface area contributed by atoms with Crippen LogP contribution in [0.5, 0.6) is 0 Å². The van der Waals surface area contributed by atoms with Crippen LogP contribution in [-0.4, -0.2) is 55.1 Å². The molecule has 0 aliphatic carbocycles. The molecule has 0 radical (unpaired) electrons. The van der Waals surface area contributed by atoms with E-state index in [9.17, 15) is 14.4 Å². The minimum absolute atomic E-state index is 0.286. The van der Waals surface area contributed by atoms with Crippen molar-refractivity contribution in [2.24, 2.45) is 5.41 Å². The topological polar surface area (TPSA) is 79.0 Å². The number of ether oxygens (including phenoxy) is 1. The van der Waals surface area contributed by atoms with Crippen LogP contribution >= 0.6 is 0 Å². The number of para-hydroxylation sites is 1. The molecule has 2 fully saturated rings. The van der Waals surface area contributed by atoms with Crippen LogP contribution in [0, 0.1) is 5.41 Å². The molecule has 138 valence electrons. The molecule has 7 nitrogen and oxygen atoms in total. The number of carbonyl (C=O) groups is 3. The van der Waals surface area contributed by atoms with E-state index in [0.717, 1.165) is 17.7 Å². The molecule has 2 saturated heterocycles. The summed E-state index contributed by atoms with van der Waals surface area (Å²) in [6.07, 6.45) is 1.86. The van der Waals surface area contributed by atoms with Crippen molar-refractivity contribution >= 4 is 23.5 Å². The van der Waals surface area contributed by atoms with E-state index in [1.165, 1.54) is 4.90 Å². The summed E-state index contributed by atoms with van der Waals surface area (Å²) >= 11 is 0. The Balaban J connectivity index is 1.81. The van der Waals surface area contributed by atoms with Crippen LogP contribution in [0.2, 0.25) is 0 Å². The summed E-state index contributed by atoms with van der Waals surface area (Å²) in [5.41, 5.74) is 0.680. The van der Waals surface area contributed by atoms with Gasteiger partial charge in [0.15, 0.2) is 5.41 Å². The number of hydrogen-bond acceptors (Lipinski definition) is 5. The van der Waals surface area contributed by atoms with Crippen molar-refractivity contribution in [1.82, 2.24) is 10.2 Å². The Kier molecular flexibility index (Phi) is 4.19. The molecule has 4 amide bonds. The summed E-state index contributed by atoms with van der Waals surface area (Å²) < 4.78 is 5.64. The number of amides is 4. The van der Waals surface area contributed by atoms with E-state index in [-0.39, 0.29) is 6.42 Å². The molecule has 26 heavy (non-hydrogen) atoms. The average molecular weight is 357 g/mol. The zero-order chi connectivity index (χ0) is 18.3. The van der Waals surface area contributed by atoms with Crippen LogP contribution in [0.1, 0.15) is 25.3 Å².